The first-order valence-electron chi connectivity index (χ1n) is 6.13. The molecule has 0 radical (unpaired) electrons. The van der Waals surface area contributed by atoms with E-state index in [2.05, 4.69) is 43.6 Å². The van der Waals surface area contributed by atoms with Gasteiger partial charge in [-0.15, -0.1) is 0 Å². The van der Waals surface area contributed by atoms with Crippen LogP contribution in [0, 0.1) is 0 Å². The summed E-state index contributed by atoms with van der Waals surface area (Å²) in [4.78, 5) is 3.48. The molecule has 1 N–H and O–H groups in total. The van der Waals surface area contributed by atoms with Gasteiger partial charge in [0.2, 0.25) is 5.27 Å². The van der Waals surface area contributed by atoms with E-state index in [1.165, 1.54) is 12.6 Å². The van der Waals surface area contributed by atoms with Crippen LogP contribution in [-0.4, -0.2) is 18.3 Å². The Morgan fingerprint density at radius 1 is 1.50 bits per heavy atom. The topological polar surface area (TPSA) is 77.4 Å². The highest BCUT2D eigenvalue weighted by molar-refractivity contribution is 9.10. The highest BCUT2D eigenvalue weighted by Crippen LogP contribution is 2.19. The normalized spacial score (nSPS) is 13.2. The van der Waals surface area contributed by atoms with Crippen molar-refractivity contribution in [3.8, 4) is 0 Å². The van der Waals surface area contributed by atoms with Gasteiger partial charge in [-0.1, -0.05) is 30.3 Å². The van der Waals surface area contributed by atoms with E-state index in [-0.39, 0.29) is 11.9 Å². The Kier molecular flexibility index (Phi) is 4.73. The third kappa shape index (κ3) is 3.36. The molecule has 0 amide bonds. The van der Waals surface area contributed by atoms with Gasteiger partial charge in [0.15, 0.2) is 6.04 Å². The molecule has 106 valence electrons. The number of anilines is 1. The zero-order chi connectivity index (χ0) is 14.5. The Labute approximate surface area is 125 Å². The summed E-state index contributed by atoms with van der Waals surface area (Å²) >= 11 is 3.37. The van der Waals surface area contributed by atoms with Gasteiger partial charge < -0.3 is 10.4 Å². The number of aliphatic imine (C=N–C) groups is 1. The molecule has 20 heavy (non-hydrogen) atoms. The molecule has 1 heterocycles. The van der Waals surface area contributed by atoms with Crippen molar-refractivity contribution in [1.29, 1.82) is 0 Å². The minimum Gasteiger partial charge on any atom is -0.846 e. The van der Waals surface area contributed by atoms with Crippen LogP contribution >= 0.6 is 15.9 Å². The summed E-state index contributed by atoms with van der Waals surface area (Å²) in [7, 11) is 1.41. The monoisotopic (exact) mass is 338 g/mol. The van der Waals surface area contributed by atoms with Gasteiger partial charge >= 0.3 is 10.5 Å². The van der Waals surface area contributed by atoms with Crippen LogP contribution < -0.4 is 15.1 Å². The number of hydrogen-bond acceptors (Lipinski definition) is 4. The molecule has 1 aromatic carbocycles. The van der Waals surface area contributed by atoms with Crippen LogP contribution in [0.4, 0.5) is 5.88 Å². The van der Waals surface area contributed by atoms with Crippen molar-refractivity contribution >= 4 is 27.8 Å². The van der Waals surface area contributed by atoms with Crippen molar-refractivity contribution < 1.29 is 14.3 Å². The number of halogens is 1. The summed E-state index contributed by atoms with van der Waals surface area (Å²) in [5, 5.41) is 17.6. The first-order valence-corrected chi connectivity index (χ1v) is 6.93. The lowest BCUT2D eigenvalue weighted by Gasteiger charge is -2.07. The van der Waals surface area contributed by atoms with Gasteiger partial charge in [0.1, 0.15) is 0 Å². The van der Waals surface area contributed by atoms with Crippen molar-refractivity contribution in [1.82, 2.24) is 5.27 Å². The van der Waals surface area contributed by atoms with E-state index in [1.54, 1.807) is 4.68 Å². The Bertz CT molecular complexity index is 598. The van der Waals surface area contributed by atoms with Gasteiger partial charge in [-0.05, 0) is 10.2 Å². The SMILES string of the molecule is CN=C([O-])Nc1on[n+](C(C)Cc2ccccc2)c1Br. The Balaban J connectivity index is 2.13. The number of nitrogens with zero attached hydrogens (tertiary/aromatic N) is 3. The summed E-state index contributed by atoms with van der Waals surface area (Å²) in [6.45, 7) is 2.02. The molecule has 0 fully saturated rings. The lowest BCUT2D eigenvalue weighted by atomic mass is 10.1. The van der Waals surface area contributed by atoms with Gasteiger partial charge in [-0.2, -0.15) is 0 Å². The van der Waals surface area contributed by atoms with Crippen LogP contribution in [0.3, 0.4) is 0 Å². The van der Waals surface area contributed by atoms with E-state index in [4.69, 9.17) is 4.52 Å². The lowest BCUT2D eigenvalue weighted by Crippen LogP contribution is -2.42. The van der Waals surface area contributed by atoms with Crippen molar-refractivity contribution in [2.24, 2.45) is 4.99 Å². The van der Waals surface area contributed by atoms with Crippen LogP contribution in [0.2, 0.25) is 0 Å². The molecular weight excluding hydrogens is 324 g/mol. The second-order valence-corrected chi connectivity index (χ2v) is 5.08. The number of aromatic nitrogens is 2. The average molecular weight is 339 g/mol. The van der Waals surface area contributed by atoms with E-state index >= 15 is 0 Å². The second-order valence-electron chi connectivity index (χ2n) is 4.33. The summed E-state index contributed by atoms with van der Waals surface area (Å²) in [6, 6.07) is 9.70. The van der Waals surface area contributed by atoms with E-state index < -0.39 is 6.02 Å². The van der Waals surface area contributed by atoms with Crippen LogP contribution in [-0.2, 0) is 6.42 Å². The zero-order valence-electron chi connectivity index (χ0n) is 11.2. The predicted octanol–water partition coefficient (Wildman–Crippen LogP) is 1.29. The summed E-state index contributed by atoms with van der Waals surface area (Å²) in [6.07, 6.45) is 0.808. The standard InChI is InChI=1S/C13H15BrN4O2/c1-9(8-10-6-4-3-5-7-10)18-11(14)12(20-17-18)16-13(19)15-2/h3-7,9H,8H2,1-2H3,(H-,15,16,17,19). The van der Waals surface area contributed by atoms with Crippen LogP contribution in [0.1, 0.15) is 18.5 Å². The van der Waals surface area contributed by atoms with Crippen LogP contribution in [0.15, 0.2) is 44.5 Å². The number of rotatable bonds is 4. The van der Waals surface area contributed by atoms with Crippen molar-refractivity contribution in [3.05, 3.63) is 40.5 Å². The smallest absolute Gasteiger partial charge is 0.340 e. The fraction of sp³-hybridized carbons (Fsp3) is 0.308. The average Bonchev–Trinajstić information content (AvgIpc) is 2.81. The second kappa shape index (κ2) is 6.51. The quantitative estimate of drug-likeness (QED) is 0.517. The maximum Gasteiger partial charge on any atom is 0.340 e. The van der Waals surface area contributed by atoms with E-state index in [0.29, 0.717) is 4.60 Å². The molecule has 1 aromatic heterocycles. The summed E-state index contributed by atoms with van der Waals surface area (Å²) < 4.78 is 7.36. The highest BCUT2D eigenvalue weighted by Gasteiger charge is 2.27. The molecule has 2 rings (SSSR count). The van der Waals surface area contributed by atoms with Crippen LogP contribution in [0.5, 0.6) is 0 Å². The van der Waals surface area contributed by atoms with E-state index in [1.807, 2.05) is 25.1 Å². The molecule has 1 atom stereocenters. The number of hydrogen-bond donors (Lipinski definition) is 1. The molecule has 0 saturated heterocycles. The Morgan fingerprint density at radius 3 is 2.85 bits per heavy atom. The van der Waals surface area contributed by atoms with Gasteiger partial charge in [-0.25, -0.2) is 0 Å². The van der Waals surface area contributed by atoms with Crippen molar-refractivity contribution in [2.45, 2.75) is 19.4 Å². The molecule has 0 saturated carbocycles. The first-order chi connectivity index (χ1) is 9.61. The van der Waals surface area contributed by atoms with Gasteiger partial charge in [0, 0.05) is 36.3 Å². The fourth-order valence-corrected chi connectivity index (χ4v) is 2.39. The highest BCUT2D eigenvalue weighted by atomic mass is 79.9. The van der Waals surface area contributed by atoms with Crippen LogP contribution in [0.25, 0.3) is 0 Å². The summed E-state index contributed by atoms with van der Waals surface area (Å²) in [5.41, 5.74) is 1.21. The number of nitrogens with one attached hydrogen (secondary N) is 1. The maximum atomic E-state index is 11.2. The molecule has 0 spiro atoms. The molecule has 6 nitrogen and oxygen atoms in total. The largest absolute Gasteiger partial charge is 0.846 e. The van der Waals surface area contributed by atoms with Crippen molar-refractivity contribution in [3.63, 3.8) is 0 Å². The zero-order valence-corrected chi connectivity index (χ0v) is 12.8. The molecule has 1 unspecified atom stereocenters. The molecule has 0 aliphatic rings. The Hall–Kier alpha value is -1.89. The lowest BCUT2D eigenvalue weighted by molar-refractivity contribution is -0.790. The minimum atomic E-state index is -0.482. The van der Waals surface area contributed by atoms with Crippen molar-refractivity contribution in [2.75, 3.05) is 12.4 Å². The third-order valence-electron chi connectivity index (χ3n) is 2.82. The van der Waals surface area contributed by atoms with Gasteiger partial charge in [0.05, 0.1) is 6.02 Å². The summed E-state index contributed by atoms with van der Waals surface area (Å²) in [5.74, 6) is 0.250. The molecule has 0 aliphatic carbocycles. The molecule has 0 aliphatic heterocycles. The molecule has 2 aromatic rings. The molecular formula is C13H15BrN4O2. The first kappa shape index (κ1) is 14.5. The predicted molar refractivity (Wildman–Crippen MR) is 76.2 cm³/mol. The number of benzene rings is 1. The van der Waals surface area contributed by atoms with Gasteiger partial charge in [-0.3, -0.25) is 9.52 Å². The minimum absolute atomic E-state index is 0.0831. The van der Waals surface area contributed by atoms with Gasteiger partial charge in [0.25, 0.3) is 0 Å². The Morgan fingerprint density at radius 2 is 2.20 bits per heavy atom. The maximum absolute atomic E-state index is 11.2. The van der Waals surface area contributed by atoms with E-state index in [0.717, 1.165) is 6.42 Å². The number of amidine groups is 1. The fourth-order valence-electron chi connectivity index (χ4n) is 1.81. The van der Waals surface area contributed by atoms with E-state index in [9.17, 15) is 5.11 Å². The molecule has 7 heteroatoms. The molecule has 0 bridgehead atoms. The third-order valence-corrected chi connectivity index (χ3v) is 3.55.